The summed E-state index contributed by atoms with van der Waals surface area (Å²) < 4.78 is 34.5. The van der Waals surface area contributed by atoms with Crippen LogP contribution in [0.25, 0.3) is 44.4 Å². The monoisotopic (exact) mass is 1440 g/mol. The topological polar surface area (TPSA) is 199 Å². The third-order valence-electron chi connectivity index (χ3n) is 9.88. The van der Waals surface area contributed by atoms with Crippen LogP contribution in [0.5, 0.6) is 11.5 Å². The Morgan fingerprint density at radius 3 is 1.58 bits per heavy atom. The normalized spacial score (nSPS) is 10.8. The van der Waals surface area contributed by atoms with E-state index in [1.807, 2.05) is 114 Å². The fourth-order valence-electron chi connectivity index (χ4n) is 6.18. The molecule has 0 aliphatic heterocycles. The number of pyridine rings is 6. The third kappa shape index (κ3) is 22.6. The highest BCUT2D eigenvalue weighted by molar-refractivity contribution is 14.1. The second kappa shape index (κ2) is 30.4. The molecule has 14 nitrogen and oxygen atoms in total. The van der Waals surface area contributed by atoms with Gasteiger partial charge in [-0.3, -0.25) is 29.7 Å². The molecule has 0 atom stereocenters. The lowest BCUT2D eigenvalue weighted by Gasteiger charge is -2.10. The van der Waals surface area contributed by atoms with Gasteiger partial charge >= 0.3 is 10.7 Å². The Morgan fingerprint density at radius 2 is 1.08 bits per heavy atom. The van der Waals surface area contributed by atoms with Gasteiger partial charge in [0, 0.05) is 59.5 Å². The summed E-state index contributed by atoms with van der Waals surface area (Å²) in [6.45, 7) is 28.5. The molecule has 416 valence electrons. The van der Waals surface area contributed by atoms with Crippen LogP contribution in [0.3, 0.4) is 0 Å². The Morgan fingerprint density at radius 1 is 0.603 bits per heavy atom. The van der Waals surface area contributed by atoms with E-state index in [4.69, 9.17) is 51.1 Å². The SMILES string of the molecule is C#CC.Cc1cc2oc([Si](C)(C)C)cc2[n+](O)c1.Cc1cnc(I)c(O)c1.Cc1cnc2cc(C)oc2c1.Cc1cnc2cc(I)oc2c1Cl.Cc1cnc2cc([Si](C)(C)C)oc2c1Cl.Cc1cncc(O)c1.O=P(Cl)(Cl)Cl. The van der Waals surface area contributed by atoms with Crippen molar-refractivity contribution in [3.8, 4) is 23.8 Å². The van der Waals surface area contributed by atoms with Gasteiger partial charge in [0.2, 0.25) is 11.8 Å². The van der Waals surface area contributed by atoms with E-state index in [-0.39, 0.29) is 11.5 Å². The van der Waals surface area contributed by atoms with E-state index in [9.17, 15) is 9.77 Å². The van der Waals surface area contributed by atoms with E-state index < -0.39 is 21.3 Å². The van der Waals surface area contributed by atoms with E-state index in [2.05, 4.69) is 133 Å². The summed E-state index contributed by atoms with van der Waals surface area (Å²) in [7, 11) is -2.87. The molecule has 10 heterocycles. The number of hydrogen-bond donors (Lipinski definition) is 3. The first-order valence-electron chi connectivity index (χ1n) is 23.3. The van der Waals surface area contributed by atoms with Crippen molar-refractivity contribution in [1.29, 1.82) is 0 Å². The molecule has 3 N–H and O–H groups in total. The number of hydrogen-bond acceptors (Lipinski definition) is 13. The van der Waals surface area contributed by atoms with Crippen molar-refractivity contribution in [2.75, 3.05) is 0 Å². The van der Waals surface area contributed by atoms with Gasteiger partial charge in [0.25, 0.3) is 0 Å². The van der Waals surface area contributed by atoms with Crippen LogP contribution in [-0.2, 0) is 4.57 Å². The number of aromatic hydroxyl groups is 2. The highest BCUT2D eigenvalue weighted by Gasteiger charge is 2.26. The summed E-state index contributed by atoms with van der Waals surface area (Å²) >= 11 is 30.1. The number of halogens is 7. The molecule has 10 aromatic rings. The standard InChI is InChI=1S/C11H14ClNOSi.C11H16NO2Si.C9H9NO.C8H5ClINO.C6H6INO.C6H7NO.C3H4.Cl3OP/c1-7-6-13-8-5-9(15(2,3)4)14-11(8)10(7)12;1-8-5-10-9(12(13)7-8)6-11(14-10)15(2,3)4;1-6-3-9-8(10-5-6)4-7(2)11-9;1-4-3-11-5-2-6(10)12-8(5)7(4)9;1-4-2-5(9)6(7)8-3-4;1-5-2-6(8)4-7-3-5;1-3-2;1-5(2,3)4/h5-6H,1-4H3;5-7,13H,1-4H3;3-5H,1-2H3;2-3H,1H3;2-3,9H,1H3;2-4,8H,1H3;1H,2H3;/q;+1;;;;;;. The molecule has 0 unspecified atom stereocenters. The van der Waals surface area contributed by atoms with Crippen LogP contribution in [0.15, 0.2) is 110 Å². The highest BCUT2D eigenvalue weighted by Crippen LogP contribution is 2.61. The number of nitrogens with zero attached hydrogens (tertiary/aromatic N) is 6. The summed E-state index contributed by atoms with van der Waals surface area (Å²) in [6, 6.07) is 15.1. The minimum absolute atomic E-state index is 0.227. The molecular formula is C54H61Cl5I2N6O8PSi2+. The van der Waals surface area contributed by atoms with Crippen molar-refractivity contribution in [2.45, 2.75) is 94.7 Å². The molecule has 0 amide bonds. The molecule has 0 aliphatic rings. The Labute approximate surface area is 508 Å². The summed E-state index contributed by atoms with van der Waals surface area (Å²) in [5.74, 6) is 3.65. The van der Waals surface area contributed by atoms with Crippen LogP contribution in [0.2, 0.25) is 49.3 Å². The van der Waals surface area contributed by atoms with Gasteiger partial charge in [-0.2, -0.15) is 0 Å². The zero-order chi connectivity index (χ0) is 59.0. The maximum Gasteiger partial charge on any atom is 0.339 e. The molecule has 10 aromatic heterocycles. The average Bonchev–Trinajstić information content (AvgIpc) is 4.14. The number of terminal acetylenes is 1. The Balaban J connectivity index is 0.000000242. The molecular weight excluding hydrogens is 1380 g/mol. The van der Waals surface area contributed by atoms with Gasteiger partial charge in [-0.15, -0.1) is 12.3 Å². The van der Waals surface area contributed by atoms with Gasteiger partial charge in [0.15, 0.2) is 20.5 Å². The van der Waals surface area contributed by atoms with Gasteiger partial charge in [-0.05, 0) is 186 Å². The molecule has 24 heteroatoms. The predicted molar refractivity (Wildman–Crippen MR) is 342 cm³/mol. The van der Waals surface area contributed by atoms with E-state index in [1.54, 1.807) is 50.0 Å². The fraction of sp³-hybridized carbons (Fsp3) is 0.259. The highest BCUT2D eigenvalue weighted by atomic mass is 127. The minimum Gasteiger partial charge on any atom is -0.506 e. The molecule has 0 bridgehead atoms. The lowest BCUT2D eigenvalue weighted by Crippen LogP contribution is -2.36. The van der Waals surface area contributed by atoms with Gasteiger partial charge in [0.05, 0.1) is 33.1 Å². The van der Waals surface area contributed by atoms with E-state index in [0.717, 1.165) is 97.2 Å². The molecule has 0 aromatic carbocycles. The van der Waals surface area contributed by atoms with Crippen LogP contribution in [0.1, 0.15) is 46.1 Å². The zero-order valence-electron chi connectivity index (χ0n) is 45.4. The fourth-order valence-corrected chi connectivity index (χ4v) is 9.32. The number of aryl methyl sites for hydroxylation is 7. The Bertz CT molecular complexity index is 3660. The second-order valence-electron chi connectivity index (χ2n) is 19.3. The third-order valence-corrected chi connectivity index (χ3v) is 15.6. The smallest absolute Gasteiger partial charge is 0.339 e. The molecule has 0 saturated heterocycles. The van der Waals surface area contributed by atoms with Gasteiger partial charge in [0.1, 0.15) is 53.7 Å². The van der Waals surface area contributed by atoms with Gasteiger partial charge < -0.3 is 27.9 Å². The second-order valence-corrected chi connectivity index (χ2v) is 38.8. The van der Waals surface area contributed by atoms with E-state index in [1.165, 1.54) is 6.20 Å². The van der Waals surface area contributed by atoms with Crippen LogP contribution in [-0.4, -0.2) is 56.5 Å². The van der Waals surface area contributed by atoms with Crippen LogP contribution in [0, 0.1) is 68.3 Å². The largest absolute Gasteiger partial charge is 0.506 e. The van der Waals surface area contributed by atoms with Gasteiger partial charge in [-0.1, -0.05) is 62.5 Å². The Hall–Kier alpha value is -4.41. The average molecular weight is 1440 g/mol. The summed E-state index contributed by atoms with van der Waals surface area (Å²) in [5.41, 5.74) is 12.4. The predicted octanol–water partition coefficient (Wildman–Crippen LogP) is 17.2. The quantitative estimate of drug-likeness (QED) is 0.0281. The van der Waals surface area contributed by atoms with E-state index >= 15 is 0 Å². The number of furan rings is 4. The first-order chi connectivity index (χ1) is 36.1. The van der Waals surface area contributed by atoms with Gasteiger partial charge in [-0.25, -0.2) is 4.98 Å². The lowest BCUT2D eigenvalue weighted by atomic mass is 10.3. The van der Waals surface area contributed by atoms with E-state index in [0.29, 0.717) is 19.3 Å². The van der Waals surface area contributed by atoms with Crippen molar-refractivity contribution >= 4 is 179 Å². The molecule has 78 heavy (non-hydrogen) atoms. The van der Waals surface area contributed by atoms with Crippen molar-refractivity contribution < 1.29 is 42.4 Å². The molecule has 0 spiro atoms. The number of aromatic nitrogens is 6. The molecule has 0 saturated carbocycles. The minimum atomic E-state index is -3.22. The molecule has 0 fully saturated rings. The summed E-state index contributed by atoms with van der Waals surface area (Å²) in [6.07, 6.45) is 16.5. The maximum absolute atomic E-state index is 9.70. The summed E-state index contributed by atoms with van der Waals surface area (Å²) in [4.78, 5) is 20.4. The first-order valence-corrected chi connectivity index (χ1v) is 37.7. The number of fused-ring (bicyclic) bond motifs is 4. The van der Waals surface area contributed by atoms with Crippen molar-refractivity contribution in [2.24, 2.45) is 0 Å². The zero-order valence-corrected chi connectivity index (χ0v) is 56.4. The van der Waals surface area contributed by atoms with Crippen LogP contribution >= 0.6 is 107 Å². The maximum atomic E-state index is 9.70. The van der Waals surface area contributed by atoms with Crippen molar-refractivity contribution in [3.05, 3.63) is 149 Å². The molecule has 0 aliphatic carbocycles. The van der Waals surface area contributed by atoms with Crippen LogP contribution in [0.4, 0.5) is 0 Å². The number of rotatable bonds is 2. The van der Waals surface area contributed by atoms with Crippen molar-refractivity contribution in [1.82, 2.24) is 24.9 Å². The Kier molecular flexibility index (Phi) is 26.5. The molecule has 10 rings (SSSR count). The van der Waals surface area contributed by atoms with Crippen molar-refractivity contribution in [3.63, 3.8) is 0 Å². The molecule has 0 radical (unpaired) electrons. The summed E-state index contributed by atoms with van der Waals surface area (Å²) in [5, 5.41) is 27.7. The first kappa shape index (κ1) is 67.9. The van der Waals surface area contributed by atoms with Crippen LogP contribution < -0.4 is 15.5 Å². The lowest BCUT2D eigenvalue weighted by molar-refractivity contribution is -0.884.